The van der Waals surface area contributed by atoms with Gasteiger partial charge in [-0.25, -0.2) is 0 Å². The maximum atomic E-state index is 14.0. The zero-order chi connectivity index (χ0) is 30.1. The summed E-state index contributed by atoms with van der Waals surface area (Å²) in [5, 5.41) is 45.6. The van der Waals surface area contributed by atoms with Crippen LogP contribution >= 0.6 is 0 Å². The molecule has 4 atom stereocenters. The highest BCUT2D eigenvalue weighted by Crippen LogP contribution is 2.54. The number of likely N-dealkylation sites (N-methyl/N-ethyl adjacent to an activating group) is 1. The summed E-state index contributed by atoms with van der Waals surface area (Å²) in [5.74, 6) is -6.62. The Labute approximate surface area is 233 Å². The molecule has 218 valence electrons. The molecule has 11 nitrogen and oxygen atoms in total. The number of Topliss-reactive ketones (excluding diaryl/α,β-unsaturated/α-hetero) is 2. The Balaban J connectivity index is 1.91. The van der Waals surface area contributed by atoms with E-state index in [1.807, 2.05) is 45.8 Å². The standard InChI is InChI=1S/C29H39N3O8/c1-28(2,3)40-9-8-13-12-17(31(4)5)15-10-14-11-16-21(32(6)7)24(35)20(27(30)38)26(37)29(16,39)25(36)18(14)23(34)19(15)22(13)33/h12,14,16,21,33-34,37,39H,8-11H2,1-7H3,(H2,30,38)/t14-,16-,21-,29-/m0/s1. The van der Waals surface area contributed by atoms with Gasteiger partial charge in [0.15, 0.2) is 11.4 Å². The van der Waals surface area contributed by atoms with Gasteiger partial charge in [0.25, 0.3) is 5.91 Å². The molecule has 0 aliphatic heterocycles. The van der Waals surface area contributed by atoms with Gasteiger partial charge in [0.2, 0.25) is 5.78 Å². The SMILES string of the molecule is CN(C)c1cc(CCOC(C)(C)C)c(O)c2c1C[C@H]1C[C@H]3[C@H](N(C)C)C(=O)C(C(N)=O)=C(O)[C@@]3(O)C(=O)C1=C2O. The van der Waals surface area contributed by atoms with Crippen LogP contribution in [-0.4, -0.2) is 94.8 Å². The smallest absolute Gasteiger partial charge is 0.255 e. The molecule has 11 heteroatoms. The molecule has 0 radical (unpaired) electrons. The molecular formula is C29H39N3O8. The second kappa shape index (κ2) is 9.90. The fourth-order valence-electron chi connectivity index (χ4n) is 6.40. The first kappa shape index (κ1) is 29.6. The van der Waals surface area contributed by atoms with Crippen molar-refractivity contribution in [2.24, 2.45) is 17.6 Å². The van der Waals surface area contributed by atoms with Gasteiger partial charge in [0.1, 0.15) is 22.8 Å². The van der Waals surface area contributed by atoms with Crippen molar-refractivity contribution in [1.29, 1.82) is 0 Å². The Morgan fingerprint density at radius 2 is 1.77 bits per heavy atom. The van der Waals surface area contributed by atoms with Crippen LogP contribution in [0.3, 0.4) is 0 Å². The van der Waals surface area contributed by atoms with E-state index in [2.05, 4.69) is 0 Å². The molecule has 1 fully saturated rings. The number of rotatable bonds is 6. The van der Waals surface area contributed by atoms with E-state index in [1.54, 1.807) is 14.1 Å². The number of phenolic OH excluding ortho intramolecular Hbond substituents is 1. The Hall–Kier alpha value is -3.41. The highest BCUT2D eigenvalue weighted by atomic mass is 16.5. The molecule has 3 aliphatic rings. The number of anilines is 1. The summed E-state index contributed by atoms with van der Waals surface area (Å²) in [7, 11) is 6.81. The maximum Gasteiger partial charge on any atom is 0.255 e. The van der Waals surface area contributed by atoms with Crippen LogP contribution in [0.15, 0.2) is 23.0 Å². The molecule has 0 heterocycles. The van der Waals surface area contributed by atoms with Crippen molar-refractivity contribution in [2.45, 2.75) is 57.3 Å². The number of hydrogen-bond donors (Lipinski definition) is 5. The van der Waals surface area contributed by atoms with Crippen molar-refractivity contribution in [3.63, 3.8) is 0 Å². The van der Waals surface area contributed by atoms with Crippen molar-refractivity contribution in [2.75, 3.05) is 39.7 Å². The monoisotopic (exact) mass is 557 g/mol. The zero-order valence-corrected chi connectivity index (χ0v) is 24.0. The van der Waals surface area contributed by atoms with E-state index in [0.717, 1.165) is 5.69 Å². The van der Waals surface area contributed by atoms with Crippen LogP contribution < -0.4 is 10.6 Å². The van der Waals surface area contributed by atoms with E-state index in [-0.39, 0.29) is 29.7 Å². The van der Waals surface area contributed by atoms with Crippen LogP contribution in [0.25, 0.3) is 5.76 Å². The largest absolute Gasteiger partial charge is 0.508 e. The van der Waals surface area contributed by atoms with Gasteiger partial charge in [-0.1, -0.05) is 0 Å². The molecule has 0 unspecified atom stereocenters. The number of phenols is 1. The number of aliphatic hydroxyl groups excluding tert-OH is 2. The number of ketones is 2. The summed E-state index contributed by atoms with van der Waals surface area (Å²) < 4.78 is 5.83. The van der Waals surface area contributed by atoms with Gasteiger partial charge >= 0.3 is 0 Å². The predicted molar refractivity (Wildman–Crippen MR) is 148 cm³/mol. The van der Waals surface area contributed by atoms with Gasteiger partial charge in [0.05, 0.1) is 23.8 Å². The van der Waals surface area contributed by atoms with Gasteiger partial charge in [-0.15, -0.1) is 0 Å². The number of fused-ring (bicyclic) bond motifs is 3. The molecule has 4 rings (SSSR count). The minimum atomic E-state index is -2.66. The van der Waals surface area contributed by atoms with E-state index in [1.165, 1.54) is 4.90 Å². The number of amides is 1. The first-order valence-electron chi connectivity index (χ1n) is 13.3. The molecule has 0 bridgehead atoms. The Morgan fingerprint density at radius 1 is 1.15 bits per heavy atom. The number of aliphatic hydroxyl groups is 3. The van der Waals surface area contributed by atoms with Gasteiger partial charge in [-0.3, -0.25) is 19.3 Å². The molecule has 0 aromatic heterocycles. The third-order valence-corrected chi connectivity index (χ3v) is 8.16. The number of hydrogen-bond acceptors (Lipinski definition) is 10. The number of ether oxygens (including phenoxy) is 1. The minimum absolute atomic E-state index is 0.0422. The predicted octanol–water partition coefficient (Wildman–Crippen LogP) is 1.39. The Bertz CT molecular complexity index is 1350. The molecule has 0 spiro atoms. The Kier molecular flexibility index (Phi) is 7.32. The van der Waals surface area contributed by atoms with Crippen molar-refractivity contribution in [3.05, 3.63) is 39.7 Å². The summed E-state index contributed by atoms with van der Waals surface area (Å²) >= 11 is 0. The van der Waals surface area contributed by atoms with Gasteiger partial charge in [-0.05, 0) is 77.2 Å². The molecule has 0 saturated heterocycles. The van der Waals surface area contributed by atoms with Crippen LogP contribution in [0.5, 0.6) is 5.75 Å². The van der Waals surface area contributed by atoms with Crippen molar-refractivity contribution >= 4 is 28.9 Å². The molecule has 1 aromatic rings. The lowest BCUT2D eigenvalue weighted by atomic mass is 9.57. The molecule has 6 N–H and O–H groups in total. The molecule has 40 heavy (non-hydrogen) atoms. The molecule has 1 amide bonds. The summed E-state index contributed by atoms with van der Waals surface area (Å²) in [6.07, 6.45) is 0.607. The summed E-state index contributed by atoms with van der Waals surface area (Å²) in [5.41, 5.74) is 3.26. The number of nitrogens with zero attached hydrogens (tertiary/aromatic N) is 2. The van der Waals surface area contributed by atoms with Crippen molar-refractivity contribution < 1.29 is 39.5 Å². The lowest BCUT2D eigenvalue weighted by Gasteiger charge is -2.50. The molecular weight excluding hydrogens is 518 g/mol. The van der Waals surface area contributed by atoms with Crippen molar-refractivity contribution in [1.82, 2.24) is 4.90 Å². The highest BCUT2D eigenvalue weighted by Gasteiger charge is 2.64. The topological polar surface area (TPSA) is 174 Å². The zero-order valence-electron chi connectivity index (χ0n) is 24.0. The van der Waals surface area contributed by atoms with E-state index in [4.69, 9.17) is 10.5 Å². The second-order valence-electron chi connectivity index (χ2n) is 12.3. The minimum Gasteiger partial charge on any atom is -0.508 e. The average Bonchev–Trinajstić information content (AvgIpc) is 2.81. The van der Waals surface area contributed by atoms with Gasteiger partial charge in [0, 0.05) is 31.3 Å². The Morgan fingerprint density at radius 3 is 2.30 bits per heavy atom. The fraction of sp³-hybridized carbons (Fsp3) is 0.552. The normalized spacial score (nSPS) is 26.6. The third-order valence-electron chi connectivity index (χ3n) is 8.16. The van der Waals surface area contributed by atoms with Crippen LogP contribution in [-0.2, 0) is 32.0 Å². The summed E-state index contributed by atoms with van der Waals surface area (Å²) in [6.45, 7) is 6.06. The fourth-order valence-corrected chi connectivity index (χ4v) is 6.40. The number of nitrogens with two attached hydrogens (primary N) is 1. The van der Waals surface area contributed by atoms with E-state index >= 15 is 0 Å². The summed E-state index contributed by atoms with van der Waals surface area (Å²) in [4.78, 5) is 42.7. The average molecular weight is 558 g/mol. The van der Waals surface area contributed by atoms with E-state index in [9.17, 15) is 34.8 Å². The lowest BCUT2D eigenvalue weighted by Crippen LogP contribution is -2.65. The number of aromatic hydroxyl groups is 1. The maximum absolute atomic E-state index is 14.0. The highest BCUT2D eigenvalue weighted by molar-refractivity contribution is 6.24. The van der Waals surface area contributed by atoms with Gasteiger partial charge < -0.3 is 35.8 Å². The quantitative estimate of drug-likeness (QED) is 0.322. The third kappa shape index (κ3) is 4.46. The lowest BCUT2D eigenvalue weighted by molar-refractivity contribution is -0.153. The molecule has 1 saturated carbocycles. The van der Waals surface area contributed by atoms with Crippen LogP contribution in [0.1, 0.15) is 43.9 Å². The van der Waals surface area contributed by atoms with Crippen LogP contribution in [0.4, 0.5) is 5.69 Å². The number of benzene rings is 1. The van der Waals surface area contributed by atoms with Crippen LogP contribution in [0.2, 0.25) is 0 Å². The number of primary amides is 1. The number of carbonyl (C=O) groups is 3. The van der Waals surface area contributed by atoms with Crippen LogP contribution in [0, 0.1) is 11.8 Å². The second-order valence-corrected chi connectivity index (χ2v) is 12.3. The first-order valence-corrected chi connectivity index (χ1v) is 13.3. The van der Waals surface area contributed by atoms with E-state index in [0.29, 0.717) is 24.2 Å². The molecule has 1 aromatic carbocycles. The molecule has 3 aliphatic carbocycles. The van der Waals surface area contributed by atoms with E-state index < -0.39 is 63.6 Å². The van der Waals surface area contributed by atoms with Gasteiger partial charge in [-0.2, -0.15) is 0 Å². The number of carbonyl (C=O) groups excluding carboxylic acids is 3. The summed E-state index contributed by atoms with van der Waals surface area (Å²) in [6, 6.07) is 0.712. The van der Waals surface area contributed by atoms with Crippen molar-refractivity contribution in [3.8, 4) is 5.75 Å². The first-order chi connectivity index (χ1) is 18.4.